The summed E-state index contributed by atoms with van der Waals surface area (Å²) >= 11 is 0. The summed E-state index contributed by atoms with van der Waals surface area (Å²) in [7, 11) is 0. The molecule has 0 aliphatic rings. The van der Waals surface area contributed by atoms with Crippen LogP contribution >= 0.6 is 0 Å². The van der Waals surface area contributed by atoms with Gasteiger partial charge in [0, 0.05) is 0 Å². The van der Waals surface area contributed by atoms with Crippen molar-refractivity contribution in [2.75, 3.05) is 6.54 Å². The lowest BCUT2D eigenvalue weighted by molar-refractivity contribution is -0.00869. The fourth-order valence-electron chi connectivity index (χ4n) is 1.01. The molecule has 2 amide bonds. The third-order valence-electron chi connectivity index (χ3n) is 1.63. The minimum absolute atomic E-state index is 0.490. The highest BCUT2D eigenvalue weighted by Gasteiger charge is 2.09. The number of carbonyl (C=O) groups excluding carboxylic acids is 1. The van der Waals surface area contributed by atoms with Crippen molar-refractivity contribution in [1.82, 2.24) is 5.06 Å². The van der Waals surface area contributed by atoms with Gasteiger partial charge in [-0.25, -0.2) is 4.79 Å². The second kappa shape index (κ2) is 5.11. The van der Waals surface area contributed by atoms with Gasteiger partial charge in [-0.2, -0.15) is 5.06 Å². The first-order chi connectivity index (χ1) is 6.74. The molecule has 0 atom stereocenters. The highest BCUT2D eigenvalue weighted by molar-refractivity contribution is 5.70. The van der Waals surface area contributed by atoms with E-state index in [4.69, 9.17) is 10.6 Å². The average molecular weight is 194 g/mol. The maximum absolute atomic E-state index is 10.9. The smallest absolute Gasteiger partial charge is 0.347 e. The molecule has 4 heteroatoms. The van der Waals surface area contributed by atoms with Crippen LogP contribution in [0.1, 0.15) is 13.3 Å². The molecule has 14 heavy (non-hydrogen) atoms. The zero-order valence-corrected chi connectivity index (χ0v) is 8.14. The molecule has 0 spiro atoms. The van der Waals surface area contributed by atoms with E-state index >= 15 is 0 Å². The van der Waals surface area contributed by atoms with Crippen LogP contribution in [0.15, 0.2) is 30.3 Å². The van der Waals surface area contributed by atoms with E-state index in [-0.39, 0.29) is 0 Å². The monoisotopic (exact) mass is 194 g/mol. The number of nitrogens with two attached hydrogens (primary N) is 1. The van der Waals surface area contributed by atoms with Gasteiger partial charge in [-0.05, 0) is 18.6 Å². The molecule has 0 aliphatic heterocycles. The number of primary amides is 1. The highest BCUT2D eigenvalue weighted by Crippen LogP contribution is 2.10. The summed E-state index contributed by atoms with van der Waals surface area (Å²) in [6, 6.07) is 8.51. The second-order valence-electron chi connectivity index (χ2n) is 2.84. The summed E-state index contributed by atoms with van der Waals surface area (Å²) in [6.07, 6.45) is 0.801. The van der Waals surface area contributed by atoms with Crippen LogP contribution in [-0.4, -0.2) is 17.6 Å². The van der Waals surface area contributed by atoms with Crippen LogP contribution in [-0.2, 0) is 0 Å². The Hall–Kier alpha value is -1.71. The highest BCUT2D eigenvalue weighted by atomic mass is 16.7. The van der Waals surface area contributed by atoms with E-state index in [0.29, 0.717) is 12.3 Å². The lowest BCUT2D eigenvalue weighted by atomic mass is 10.3. The van der Waals surface area contributed by atoms with Gasteiger partial charge >= 0.3 is 6.03 Å². The van der Waals surface area contributed by atoms with Crippen molar-refractivity contribution in [3.05, 3.63) is 30.3 Å². The number of benzene rings is 1. The Bertz CT molecular complexity index is 287. The van der Waals surface area contributed by atoms with Crippen LogP contribution in [0.5, 0.6) is 5.75 Å². The molecule has 0 saturated heterocycles. The molecule has 1 aromatic carbocycles. The van der Waals surface area contributed by atoms with Crippen molar-refractivity contribution in [2.24, 2.45) is 5.73 Å². The summed E-state index contributed by atoms with van der Waals surface area (Å²) in [4.78, 5) is 16.2. The van der Waals surface area contributed by atoms with Gasteiger partial charge in [0.2, 0.25) is 0 Å². The van der Waals surface area contributed by atoms with E-state index in [9.17, 15) is 4.79 Å². The average Bonchev–Trinajstić information content (AvgIpc) is 2.18. The van der Waals surface area contributed by atoms with E-state index in [2.05, 4.69) is 0 Å². The topological polar surface area (TPSA) is 55.6 Å². The van der Waals surface area contributed by atoms with E-state index in [1.165, 1.54) is 0 Å². The van der Waals surface area contributed by atoms with Gasteiger partial charge in [-0.3, -0.25) is 0 Å². The number of amides is 2. The van der Waals surface area contributed by atoms with Gasteiger partial charge in [0.05, 0.1) is 6.54 Å². The van der Waals surface area contributed by atoms with Gasteiger partial charge in [0.15, 0.2) is 5.75 Å². The Kier molecular flexibility index (Phi) is 3.79. The summed E-state index contributed by atoms with van der Waals surface area (Å²) in [5.41, 5.74) is 5.13. The Morgan fingerprint density at radius 3 is 2.57 bits per heavy atom. The Morgan fingerprint density at radius 1 is 1.43 bits per heavy atom. The lowest BCUT2D eigenvalue weighted by Gasteiger charge is -2.19. The number of nitrogens with zero attached hydrogens (tertiary/aromatic N) is 1. The molecular weight excluding hydrogens is 180 g/mol. The number of rotatable bonds is 4. The molecule has 76 valence electrons. The van der Waals surface area contributed by atoms with Gasteiger partial charge in [-0.1, -0.05) is 25.1 Å². The number of para-hydroxylation sites is 1. The fourth-order valence-corrected chi connectivity index (χ4v) is 1.01. The molecular formula is C10H14N2O2. The molecule has 0 bridgehead atoms. The quantitative estimate of drug-likeness (QED) is 0.742. The van der Waals surface area contributed by atoms with Crippen LogP contribution in [0, 0.1) is 0 Å². The first kappa shape index (κ1) is 10.4. The van der Waals surface area contributed by atoms with Crippen molar-refractivity contribution in [3.8, 4) is 5.75 Å². The molecule has 0 saturated carbocycles. The summed E-state index contributed by atoms with van der Waals surface area (Å²) in [5, 5.41) is 1.15. The van der Waals surface area contributed by atoms with Crippen molar-refractivity contribution in [3.63, 3.8) is 0 Å². The van der Waals surface area contributed by atoms with Gasteiger partial charge in [0.25, 0.3) is 0 Å². The van der Waals surface area contributed by atoms with Crippen LogP contribution in [0.2, 0.25) is 0 Å². The number of hydroxylamine groups is 2. The van der Waals surface area contributed by atoms with Crippen LogP contribution < -0.4 is 10.6 Å². The molecule has 0 radical (unpaired) electrons. The van der Waals surface area contributed by atoms with Crippen molar-refractivity contribution < 1.29 is 9.63 Å². The molecule has 4 nitrogen and oxygen atoms in total. The zero-order valence-electron chi connectivity index (χ0n) is 8.14. The standard InChI is InChI=1S/C10H14N2O2/c1-2-8-12(10(11)13)14-9-6-4-3-5-7-9/h3-7H,2,8H2,1H3,(H2,11,13). The molecule has 1 rings (SSSR count). The first-order valence-electron chi connectivity index (χ1n) is 4.54. The SMILES string of the molecule is CCCN(Oc1ccccc1)C(N)=O. The minimum atomic E-state index is -0.573. The Balaban J connectivity index is 2.60. The van der Waals surface area contributed by atoms with Gasteiger partial charge in [0.1, 0.15) is 0 Å². The van der Waals surface area contributed by atoms with Crippen LogP contribution in [0.3, 0.4) is 0 Å². The molecule has 0 aliphatic carbocycles. The number of urea groups is 1. The number of carbonyl (C=O) groups is 1. The largest absolute Gasteiger partial charge is 0.375 e. The normalized spacial score (nSPS) is 9.50. The molecule has 0 unspecified atom stereocenters. The maximum Gasteiger partial charge on any atom is 0.347 e. The van der Waals surface area contributed by atoms with Crippen LogP contribution in [0.4, 0.5) is 4.79 Å². The Labute approximate surface area is 83.2 Å². The van der Waals surface area contributed by atoms with E-state index in [1.807, 2.05) is 25.1 Å². The summed E-state index contributed by atoms with van der Waals surface area (Å²) in [5.74, 6) is 0.611. The van der Waals surface area contributed by atoms with Crippen molar-refractivity contribution in [2.45, 2.75) is 13.3 Å². The zero-order chi connectivity index (χ0) is 10.4. The molecule has 0 aromatic heterocycles. The van der Waals surface area contributed by atoms with Gasteiger partial charge < -0.3 is 10.6 Å². The van der Waals surface area contributed by atoms with Crippen LogP contribution in [0.25, 0.3) is 0 Å². The number of hydrogen-bond donors (Lipinski definition) is 1. The number of hydrogen-bond acceptors (Lipinski definition) is 2. The van der Waals surface area contributed by atoms with Gasteiger partial charge in [-0.15, -0.1) is 0 Å². The third kappa shape index (κ3) is 2.97. The summed E-state index contributed by atoms with van der Waals surface area (Å²) in [6.45, 7) is 2.44. The predicted octanol–water partition coefficient (Wildman–Crippen LogP) is 1.77. The summed E-state index contributed by atoms with van der Waals surface area (Å²) < 4.78 is 0. The molecule has 2 N–H and O–H groups in total. The van der Waals surface area contributed by atoms with E-state index in [1.54, 1.807) is 12.1 Å². The second-order valence-corrected chi connectivity index (χ2v) is 2.84. The maximum atomic E-state index is 10.9. The predicted molar refractivity (Wildman–Crippen MR) is 53.7 cm³/mol. The molecule has 1 aromatic rings. The van der Waals surface area contributed by atoms with E-state index < -0.39 is 6.03 Å². The first-order valence-corrected chi connectivity index (χ1v) is 4.54. The lowest BCUT2D eigenvalue weighted by Crippen LogP contribution is -2.38. The van der Waals surface area contributed by atoms with Crippen molar-refractivity contribution in [1.29, 1.82) is 0 Å². The van der Waals surface area contributed by atoms with Crippen molar-refractivity contribution >= 4 is 6.03 Å². The molecule has 0 fully saturated rings. The third-order valence-corrected chi connectivity index (χ3v) is 1.63. The Morgan fingerprint density at radius 2 is 2.07 bits per heavy atom. The molecule has 0 heterocycles. The fraction of sp³-hybridized carbons (Fsp3) is 0.300. The minimum Gasteiger partial charge on any atom is -0.375 e. The van der Waals surface area contributed by atoms with E-state index in [0.717, 1.165) is 11.5 Å².